The standard InChI is InChI=1S/C16H19ClN2O5S/c1-9-7-13(19-15(20)10-4-5-10)14(8-11(9)17)25(22,23)24-16(21)12-3-2-6-18-12/h7-8,10,12,18H,2-6H2,1H3,(H,19,20)/t12-/m0/s1. The lowest BCUT2D eigenvalue weighted by Crippen LogP contribution is -2.34. The van der Waals surface area contributed by atoms with Crippen molar-refractivity contribution < 1.29 is 22.2 Å². The molecule has 2 aliphatic rings. The summed E-state index contributed by atoms with van der Waals surface area (Å²) in [7, 11) is -4.41. The zero-order valence-electron chi connectivity index (χ0n) is 13.7. The third-order valence-electron chi connectivity index (χ3n) is 4.27. The van der Waals surface area contributed by atoms with Crippen LogP contribution in [0.1, 0.15) is 31.2 Å². The molecule has 0 bridgehead atoms. The van der Waals surface area contributed by atoms with E-state index in [4.69, 9.17) is 15.8 Å². The molecule has 1 amide bonds. The first-order valence-corrected chi connectivity index (χ1v) is 9.89. The number of rotatable bonds is 5. The molecular weight excluding hydrogens is 368 g/mol. The molecule has 1 aliphatic heterocycles. The van der Waals surface area contributed by atoms with E-state index in [0.717, 1.165) is 19.3 Å². The quantitative estimate of drug-likeness (QED) is 0.750. The Hall–Kier alpha value is -1.64. The highest BCUT2D eigenvalue weighted by atomic mass is 35.5. The number of hydrogen-bond acceptors (Lipinski definition) is 6. The summed E-state index contributed by atoms with van der Waals surface area (Å²) in [4.78, 5) is 23.8. The molecule has 1 heterocycles. The van der Waals surface area contributed by atoms with E-state index in [-0.39, 0.29) is 27.4 Å². The zero-order chi connectivity index (χ0) is 18.2. The molecule has 1 saturated heterocycles. The van der Waals surface area contributed by atoms with Gasteiger partial charge in [-0.05, 0) is 56.8 Å². The summed E-state index contributed by atoms with van der Waals surface area (Å²) in [6.07, 6.45) is 2.86. The van der Waals surface area contributed by atoms with Gasteiger partial charge in [-0.2, -0.15) is 8.42 Å². The van der Waals surface area contributed by atoms with Crippen LogP contribution in [0.3, 0.4) is 0 Å². The molecule has 3 rings (SSSR count). The molecule has 1 aromatic carbocycles. The minimum Gasteiger partial charge on any atom is -0.340 e. The summed E-state index contributed by atoms with van der Waals surface area (Å²) < 4.78 is 29.9. The van der Waals surface area contributed by atoms with Crippen molar-refractivity contribution in [3.8, 4) is 0 Å². The van der Waals surface area contributed by atoms with E-state index in [1.807, 2.05) is 0 Å². The number of anilines is 1. The summed E-state index contributed by atoms with van der Waals surface area (Å²) in [5, 5.41) is 5.70. The smallest absolute Gasteiger partial charge is 0.340 e. The maximum atomic E-state index is 12.6. The summed E-state index contributed by atoms with van der Waals surface area (Å²) in [6, 6.07) is 2.03. The molecule has 9 heteroatoms. The minimum atomic E-state index is -4.41. The Morgan fingerprint density at radius 3 is 2.60 bits per heavy atom. The topological polar surface area (TPSA) is 102 Å². The second-order valence-corrected chi connectivity index (χ2v) is 8.29. The number of hydrogen-bond donors (Lipinski definition) is 2. The van der Waals surface area contributed by atoms with Crippen LogP contribution in [-0.2, 0) is 23.9 Å². The number of carbonyl (C=O) groups is 2. The Morgan fingerprint density at radius 2 is 2.00 bits per heavy atom. The molecule has 1 aliphatic carbocycles. The van der Waals surface area contributed by atoms with E-state index in [1.54, 1.807) is 6.92 Å². The third-order valence-corrected chi connectivity index (χ3v) is 5.94. The van der Waals surface area contributed by atoms with Crippen molar-refractivity contribution in [3.05, 3.63) is 22.7 Å². The fourth-order valence-corrected chi connectivity index (χ4v) is 3.94. The van der Waals surface area contributed by atoms with Crippen LogP contribution >= 0.6 is 11.6 Å². The van der Waals surface area contributed by atoms with Gasteiger partial charge in [0.15, 0.2) is 0 Å². The van der Waals surface area contributed by atoms with Crippen LogP contribution in [0.15, 0.2) is 17.0 Å². The van der Waals surface area contributed by atoms with Crippen molar-refractivity contribution in [2.45, 2.75) is 43.5 Å². The lowest BCUT2D eigenvalue weighted by molar-refractivity contribution is -0.135. The van der Waals surface area contributed by atoms with E-state index >= 15 is 0 Å². The summed E-state index contributed by atoms with van der Waals surface area (Å²) in [6.45, 7) is 2.33. The maximum Gasteiger partial charge on any atom is 0.343 e. The average Bonchev–Trinajstić information content (AvgIpc) is 3.24. The van der Waals surface area contributed by atoms with E-state index in [0.29, 0.717) is 18.5 Å². The minimum absolute atomic E-state index is 0.0750. The first-order valence-electron chi connectivity index (χ1n) is 8.10. The number of carbonyl (C=O) groups excluding carboxylic acids is 2. The Bertz CT molecular complexity index is 814. The molecule has 1 aromatic rings. The summed E-state index contributed by atoms with van der Waals surface area (Å²) >= 11 is 6.04. The van der Waals surface area contributed by atoms with Crippen molar-refractivity contribution >= 4 is 39.3 Å². The third kappa shape index (κ3) is 4.13. The van der Waals surface area contributed by atoms with Crippen molar-refractivity contribution in [1.29, 1.82) is 0 Å². The number of benzene rings is 1. The number of halogens is 1. The van der Waals surface area contributed by atoms with Gasteiger partial charge in [0.25, 0.3) is 0 Å². The van der Waals surface area contributed by atoms with Gasteiger partial charge >= 0.3 is 16.1 Å². The summed E-state index contributed by atoms with van der Waals surface area (Å²) in [5.74, 6) is -1.20. The van der Waals surface area contributed by atoms with Crippen LogP contribution in [0.2, 0.25) is 5.02 Å². The molecule has 0 aromatic heterocycles. The van der Waals surface area contributed by atoms with Crippen LogP contribution in [0.4, 0.5) is 5.69 Å². The van der Waals surface area contributed by atoms with Crippen LogP contribution < -0.4 is 10.6 Å². The van der Waals surface area contributed by atoms with Crippen molar-refractivity contribution in [3.63, 3.8) is 0 Å². The van der Waals surface area contributed by atoms with Gasteiger partial charge in [0.2, 0.25) is 5.91 Å². The van der Waals surface area contributed by atoms with Gasteiger partial charge in [0, 0.05) is 10.9 Å². The van der Waals surface area contributed by atoms with Gasteiger partial charge in [-0.1, -0.05) is 11.6 Å². The molecular formula is C16H19ClN2O5S. The molecule has 2 fully saturated rings. The molecule has 136 valence electrons. The maximum absolute atomic E-state index is 12.6. The Balaban J connectivity index is 1.88. The van der Waals surface area contributed by atoms with Crippen LogP contribution in [0.5, 0.6) is 0 Å². The molecule has 25 heavy (non-hydrogen) atoms. The Morgan fingerprint density at radius 1 is 1.28 bits per heavy atom. The van der Waals surface area contributed by atoms with Gasteiger partial charge in [0.05, 0.1) is 5.69 Å². The van der Waals surface area contributed by atoms with E-state index < -0.39 is 22.1 Å². The molecule has 0 radical (unpaired) electrons. The molecule has 0 unspecified atom stereocenters. The van der Waals surface area contributed by atoms with Crippen molar-refractivity contribution in [1.82, 2.24) is 5.32 Å². The van der Waals surface area contributed by atoms with E-state index in [9.17, 15) is 18.0 Å². The Labute approximate surface area is 151 Å². The Kier molecular flexibility index (Phi) is 5.04. The second kappa shape index (κ2) is 6.93. The van der Waals surface area contributed by atoms with Gasteiger partial charge in [-0.3, -0.25) is 4.79 Å². The fraction of sp³-hybridized carbons (Fsp3) is 0.500. The lowest BCUT2D eigenvalue weighted by atomic mass is 10.2. The van der Waals surface area contributed by atoms with Crippen LogP contribution in [0.25, 0.3) is 0 Å². The zero-order valence-corrected chi connectivity index (χ0v) is 15.2. The SMILES string of the molecule is Cc1cc(NC(=O)C2CC2)c(S(=O)(=O)OC(=O)[C@@H]2CCCN2)cc1Cl. The molecule has 1 saturated carbocycles. The normalized spacial score (nSPS) is 20.3. The number of nitrogens with one attached hydrogen (secondary N) is 2. The number of amides is 1. The first kappa shape index (κ1) is 18.2. The molecule has 2 N–H and O–H groups in total. The molecule has 1 atom stereocenters. The lowest BCUT2D eigenvalue weighted by Gasteiger charge is -2.15. The predicted molar refractivity (Wildman–Crippen MR) is 91.8 cm³/mol. The predicted octanol–water partition coefficient (Wildman–Crippen LogP) is 1.98. The van der Waals surface area contributed by atoms with Crippen LogP contribution in [0, 0.1) is 12.8 Å². The van der Waals surface area contributed by atoms with Gasteiger partial charge in [-0.25, -0.2) is 4.79 Å². The molecule has 7 nitrogen and oxygen atoms in total. The van der Waals surface area contributed by atoms with Gasteiger partial charge < -0.3 is 14.8 Å². The first-order chi connectivity index (χ1) is 11.8. The van der Waals surface area contributed by atoms with Gasteiger partial charge in [0.1, 0.15) is 10.9 Å². The molecule has 0 spiro atoms. The van der Waals surface area contributed by atoms with E-state index in [1.165, 1.54) is 12.1 Å². The van der Waals surface area contributed by atoms with Crippen LogP contribution in [-0.4, -0.2) is 32.9 Å². The van der Waals surface area contributed by atoms with E-state index in [2.05, 4.69) is 10.6 Å². The largest absolute Gasteiger partial charge is 0.343 e. The second-order valence-electron chi connectivity index (χ2n) is 6.37. The number of aryl methyl sites for hydroxylation is 1. The highest BCUT2D eigenvalue weighted by molar-refractivity contribution is 7.87. The fourth-order valence-electron chi connectivity index (χ4n) is 2.64. The van der Waals surface area contributed by atoms with Gasteiger partial charge in [-0.15, -0.1) is 0 Å². The monoisotopic (exact) mass is 386 g/mol. The average molecular weight is 387 g/mol. The highest BCUT2D eigenvalue weighted by Crippen LogP contribution is 2.34. The summed E-state index contributed by atoms with van der Waals surface area (Å²) in [5.41, 5.74) is 0.682. The highest BCUT2D eigenvalue weighted by Gasteiger charge is 2.33. The van der Waals surface area contributed by atoms with Crippen molar-refractivity contribution in [2.75, 3.05) is 11.9 Å². The van der Waals surface area contributed by atoms with Crippen molar-refractivity contribution in [2.24, 2.45) is 5.92 Å².